The molecule has 5 nitrogen and oxygen atoms in total. The zero-order valence-corrected chi connectivity index (χ0v) is 18.3. The smallest absolute Gasteiger partial charge is 0.217 e. The van der Waals surface area contributed by atoms with Crippen LogP contribution in [0.1, 0.15) is 71.1 Å². The van der Waals surface area contributed by atoms with Gasteiger partial charge in [-0.25, -0.2) is 13.4 Å². The van der Waals surface area contributed by atoms with E-state index in [1.54, 1.807) is 0 Å². The van der Waals surface area contributed by atoms with E-state index in [0.29, 0.717) is 11.3 Å². The van der Waals surface area contributed by atoms with Crippen LogP contribution in [0.15, 0.2) is 30.6 Å². The molecule has 0 bridgehead atoms. The number of aromatic nitrogens is 1. The Morgan fingerprint density at radius 3 is 2.34 bits per heavy atom. The van der Waals surface area contributed by atoms with E-state index in [4.69, 9.17) is 4.18 Å². The predicted molar refractivity (Wildman–Crippen MR) is 109 cm³/mol. The van der Waals surface area contributed by atoms with Gasteiger partial charge in [0, 0.05) is 12.1 Å². The number of hydrogen-bond donors (Lipinski definition) is 0. The monoisotopic (exact) mass is 421 g/mol. The first-order chi connectivity index (χ1) is 13.9. The van der Waals surface area contributed by atoms with E-state index in [0.717, 1.165) is 42.9 Å². The summed E-state index contributed by atoms with van der Waals surface area (Å²) in [4.78, 5) is 2.89. The quantitative estimate of drug-likeness (QED) is 0.524. The highest BCUT2D eigenvalue weighted by atomic mass is 32.3. The standard InChI is InChI=1S/C18H30O4S.C5H5N/c1-18-9-2-3-17(18)16-6-4-12-11-13(22-23(19,20)21)5-7-14(12)15(16)8-10-18;1-2-4-6-5-3-1/h12-17H,2-11H2,1H3,(H,19,20,21);1-5H/t12-,13-,14+,15-,16-,17+,18+;/m1./s1. The Kier molecular flexibility index (Phi) is 6.33. The van der Waals surface area contributed by atoms with Gasteiger partial charge < -0.3 is 4.55 Å². The second-order valence-corrected chi connectivity index (χ2v) is 11.0. The molecule has 1 heterocycles. The molecular weight excluding hydrogens is 386 g/mol. The van der Waals surface area contributed by atoms with Crippen LogP contribution in [-0.2, 0) is 14.6 Å². The van der Waals surface area contributed by atoms with Crippen LogP contribution < -0.4 is 4.98 Å². The zero-order valence-electron chi connectivity index (χ0n) is 17.5. The largest absolute Gasteiger partial charge is 0.726 e. The second-order valence-electron chi connectivity index (χ2n) is 10.0. The van der Waals surface area contributed by atoms with Gasteiger partial charge in [-0.1, -0.05) is 19.4 Å². The fourth-order valence-corrected chi connectivity index (χ4v) is 7.91. The molecule has 5 rings (SSSR count). The van der Waals surface area contributed by atoms with Crippen LogP contribution in [-0.4, -0.2) is 19.1 Å². The van der Waals surface area contributed by atoms with Crippen LogP contribution in [0.4, 0.5) is 0 Å². The summed E-state index contributed by atoms with van der Waals surface area (Å²) in [5, 5.41) is 0. The van der Waals surface area contributed by atoms with Gasteiger partial charge in [0.15, 0.2) is 12.4 Å². The lowest BCUT2D eigenvalue weighted by Crippen LogP contribution is -2.48. The molecule has 0 saturated heterocycles. The van der Waals surface area contributed by atoms with Gasteiger partial charge in [-0.15, -0.1) is 0 Å². The summed E-state index contributed by atoms with van der Waals surface area (Å²) in [6.07, 6.45) is 15.5. The predicted octanol–water partition coefficient (Wildman–Crippen LogP) is 4.38. The topological polar surface area (TPSA) is 80.6 Å². The molecule has 4 aliphatic rings. The highest BCUT2D eigenvalue weighted by molar-refractivity contribution is 7.80. The molecule has 0 aliphatic heterocycles. The van der Waals surface area contributed by atoms with Crippen LogP contribution in [0.3, 0.4) is 0 Å². The van der Waals surface area contributed by atoms with Crippen LogP contribution >= 0.6 is 0 Å². The summed E-state index contributed by atoms with van der Waals surface area (Å²) in [6.45, 7) is 2.52. The maximum atomic E-state index is 10.9. The van der Waals surface area contributed by atoms with Gasteiger partial charge in [-0.3, -0.25) is 4.18 Å². The summed E-state index contributed by atoms with van der Waals surface area (Å²) < 4.78 is 37.4. The Morgan fingerprint density at radius 1 is 0.931 bits per heavy atom. The van der Waals surface area contributed by atoms with E-state index < -0.39 is 10.4 Å². The number of rotatable bonds is 2. The molecule has 1 aromatic rings. The summed E-state index contributed by atoms with van der Waals surface area (Å²) in [6, 6.07) is 5.86. The van der Waals surface area contributed by atoms with Gasteiger partial charge in [0.25, 0.3) is 0 Å². The normalized spacial score (nSPS) is 41.3. The van der Waals surface area contributed by atoms with Gasteiger partial charge in [-0.05, 0) is 92.8 Å². The summed E-state index contributed by atoms with van der Waals surface area (Å²) >= 11 is 0. The number of fused-ring (bicyclic) bond motifs is 5. The third-order valence-corrected chi connectivity index (χ3v) is 9.06. The fourth-order valence-electron chi connectivity index (χ4n) is 7.40. The van der Waals surface area contributed by atoms with E-state index in [2.05, 4.69) is 11.9 Å². The van der Waals surface area contributed by atoms with Gasteiger partial charge in [0.05, 0.1) is 6.10 Å². The average molecular weight is 422 g/mol. The molecule has 29 heavy (non-hydrogen) atoms. The lowest BCUT2D eigenvalue weighted by atomic mass is 9.50. The maximum Gasteiger partial charge on any atom is 0.217 e. The van der Waals surface area contributed by atoms with Crippen molar-refractivity contribution in [1.29, 1.82) is 0 Å². The summed E-state index contributed by atoms with van der Waals surface area (Å²) in [5.41, 5.74) is 0.602. The Morgan fingerprint density at radius 2 is 1.69 bits per heavy atom. The van der Waals surface area contributed by atoms with Crippen LogP contribution in [0.5, 0.6) is 0 Å². The molecule has 4 fully saturated rings. The molecule has 1 N–H and O–H groups in total. The van der Waals surface area contributed by atoms with Crippen molar-refractivity contribution in [3.8, 4) is 0 Å². The molecular formula is C23H35NO4S. The lowest BCUT2D eigenvalue weighted by molar-refractivity contribution is -0.377. The molecule has 4 saturated carbocycles. The van der Waals surface area contributed by atoms with Crippen molar-refractivity contribution in [2.24, 2.45) is 35.0 Å². The van der Waals surface area contributed by atoms with Crippen LogP contribution in [0.2, 0.25) is 0 Å². The van der Waals surface area contributed by atoms with E-state index in [1.165, 1.54) is 44.9 Å². The summed E-state index contributed by atoms with van der Waals surface area (Å²) in [5.74, 6) is 3.99. The van der Waals surface area contributed by atoms with Crippen molar-refractivity contribution < 1.29 is 22.1 Å². The first kappa shape index (κ1) is 21.3. The van der Waals surface area contributed by atoms with Crippen molar-refractivity contribution in [2.75, 3.05) is 0 Å². The third kappa shape index (κ3) is 4.86. The Labute approximate surface area is 175 Å². The molecule has 6 heteroatoms. The SMILES string of the molecule is C[C@@]12CCC[C@H]1[C@@H]1CC[C@@H]3C[C@H](OS(=O)(=O)[O-])CC[C@@H]3[C@H]1CC2.c1cc[nH+]cc1. The van der Waals surface area contributed by atoms with E-state index in [-0.39, 0.29) is 6.10 Å². The molecule has 4 aliphatic carbocycles. The highest BCUT2D eigenvalue weighted by Gasteiger charge is 2.53. The number of nitrogens with one attached hydrogen (secondary N) is 1. The molecule has 0 radical (unpaired) electrons. The van der Waals surface area contributed by atoms with Crippen LogP contribution in [0, 0.1) is 35.0 Å². The molecule has 0 amide bonds. The van der Waals surface area contributed by atoms with Gasteiger partial charge in [0.1, 0.15) is 0 Å². The van der Waals surface area contributed by atoms with Crippen LogP contribution in [0.25, 0.3) is 0 Å². The molecule has 1 aromatic heterocycles. The van der Waals surface area contributed by atoms with Crippen molar-refractivity contribution in [3.63, 3.8) is 0 Å². The number of pyridine rings is 1. The minimum absolute atomic E-state index is 0.365. The second kappa shape index (κ2) is 8.64. The zero-order chi connectivity index (χ0) is 20.5. The molecule has 0 spiro atoms. The van der Waals surface area contributed by atoms with Crippen molar-refractivity contribution >= 4 is 10.4 Å². The van der Waals surface area contributed by atoms with Gasteiger partial charge in [-0.2, -0.15) is 0 Å². The molecule has 7 atom stereocenters. The fraction of sp³-hybridized carbons (Fsp3) is 0.783. The maximum absolute atomic E-state index is 10.9. The minimum Gasteiger partial charge on any atom is -0.726 e. The van der Waals surface area contributed by atoms with E-state index in [1.807, 2.05) is 30.6 Å². The first-order valence-electron chi connectivity index (χ1n) is 11.4. The molecule has 0 unspecified atom stereocenters. The number of hydrogen-bond acceptors (Lipinski definition) is 4. The number of aromatic amines is 1. The van der Waals surface area contributed by atoms with Gasteiger partial charge in [0.2, 0.25) is 10.4 Å². The molecule has 162 valence electrons. The average Bonchev–Trinajstić information content (AvgIpc) is 3.10. The Balaban J connectivity index is 0.000000294. The first-order valence-corrected chi connectivity index (χ1v) is 12.7. The Bertz CT molecular complexity index is 744. The highest BCUT2D eigenvalue weighted by Crippen LogP contribution is 2.62. The van der Waals surface area contributed by atoms with E-state index in [9.17, 15) is 13.0 Å². The molecule has 0 aromatic carbocycles. The Hall–Kier alpha value is -0.980. The third-order valence-electron chi connectivity index (χ3n) is 8.55. The number of H-pyrrole nitrogens is 1. The van der Waals surface area contributed by atoms with Crippen molar-refractivity contribution in [1.82, 2.24) is 0 Å². The van der Waals surface area contributed by atoms with Crippen molar-refractivity contribution in [3.05, 3.63) is 30.6 Å². The van der Waals surface area contributed by atoms with E-state index >= 15 is 0 Å². The van der Waals surface area contributed by atoms with Crippen molar-refractivity contribution in [2.45, 2.75) is 77.2 Å². The summed E-state index contributed by atoms with van der Waals surface area (Å²) in [7, 11) is -4.55. The minimum atomic E-state index is -4.55. The van der Waals surface area contributed by atoms with Gasteiger partial charge >= 0.3 is 0 Å². The lowest BCUT2D eigenvalue weighted by Gasteiger charge is -2.55.